The fourth-order valence-electron chi connectivity index (χ4n) is 2.40. The van der Waals surface area contributed by atoms with Crippen molar-refractivity contribution in [2.45, 2.75) is 52.0 Å². The summed E-state index contributed by atoms with van der Waals surface area (Å²) in [4.78, 5) is 4.68. The Balaban J connectivity index is 2.11. The Kier molecular flexibility index (Phi) is 3.84. The van der Waals surface area contributed by atoms with Gasteiger partial charge in [0.05, 0.1) is 5.69 Å². The van der Waals surface area contributed by atoms with E-state index in [1.165, 1.54) is 55.7 Å². The number of fused-ring (bicyclic) bond motifs is 1. The van der Waals surface area contributed by atoms with Crippen molar-refractivity contribution in [2.75, 3.05) is 5.33 Å². The first kappa shape index (κ1) is 11.2. The summed E-state index contributed by atoms with van der Waals surface area (Å²) >= 11 is 3.48. The summed E-state index contributed by atoms with van der Waals surface area (Å²) in [5, 5.41) is 1.11. The molecule has 15 heavy (non-hydrogen) atoms. The number of hydrogen-bond donors (Lipinski definition) is 0. The zero-order chi connectivity index (χ0) is 10.7. The summed E-state index contributed by atoms with van der Waals surface area (Å²) in [6, 6.07) is 0. The highest BCUT2D eigenvalue weighted by molar-refractivity contribution is 9.09. The fraction of sp³-hybridized carbons (Fsp3) is 0.750. The van der Waals surface area contributed by atoms with Gasteiger partial charge in [0, 0.05) is 17.6 Å². The van der Waals surface area contributed by atoms with E-state index < -0.39 is 0 Å². The van der Waals surface area contributed by atoms with Crippen molar-refractivity contribution in [1.82, 2.24) is 9.55 Å². The number of unbranched alkanes of at least 4 members (excludes halogenated alkanes) is 1. The predicted molar refractivity (Wildman–Crippen MR) is 66.6 cm³/mol. The quantitative estimate of drug-likeness (QED) is 0.607. The molecule has 3 heteroatoms. The first-order valence-corrected chi connectivity index (χ1v) is 7.06. The average molecular weight is 271 g/mol. The molecule has 1 aliphatic rings. The van der Waals surface area contributed by atoms with Crippen LogP contribution in [0.3, 0.4) is 0 Å². The third-order valence-electron chi connectivity index (χ3n) is 3.19. The number of alkyl halides is 1. The lowest BCUT2D eigenvalue weighted by molar-refractivity contribution is 0.570. The van der Waals surface area contributed by atoms with E-state index in [4.69, 9.17) is 0 Å². The van der Waals surface area contributed by atoms with Crippen LogP contribution >= 0.6 is 15.9 Å². The van der Waals surface area contributed by atoms with E-state index >= 15 is 0 Å². The average Bonchev–Trinajstić information content (AvgIpc) is 2.56. The molecule has 84 valence electrons. The monoisotopic (exact) mass is 270 g/mol. The summed E-state index contributed by atoms with van der Waals surface area (Å²) in [6.07, 6.45) is 7.62. The molecule has 0 N–H and O–H groups in total. The van der Waals surface area contributed by atoms with Crippen LogP contribution in [0.4, 0.5) is 0 Å². The van der Waals surface area contributed by atoms with Gasteiger partial charge in [0.1, 0.15) is 5.82 Å². The second kappa shape index (κ2) is 5.15. The van der Waals surface area contributed by atoms with E-state index in [9.17, 15) is 0 Å². The second-order valence-electron chi connectivity index (χ2n) is 4.31. The zero-order valence-electron chi connectivity index (χ0n) is 9.43. The molecule has 0 radical (unpaired) electrons. The molecule has 0 aliphatic heterocycles. The number of aromatic nitrogens is 2. The summed E-state index contributed by atoms with van der Waals surface area (Å²) in [7, 11) is 0. The highest BCUT2D eigenvalue weighted by atomic mass is 79.9. The van der Waals surface area contributed by atoms with Crippen molar-refractivity contribution in [1.29, 1.82) is 0 Å². The second-order valence-corrected chi connectivity index (χ2v) is 5.10. The molecule has 0 bridgehead atoms. The molecular formula is C12H19BrN2. The van der Waals surface area contributed by atoms with Gasteiger partial charge in [0.25, 0.3) is 0 Å². The van der Waals surface area contributed by atoms with Crippen molar-refractivity contribution >= 4 is 15.9 Å². The Labute approximate surface area is 100 Å². The molecule has 1 aromatic heterocycles. The smallest absolute Gasteiger partial charge is 0.106 e. The summed E-state index contributed by atoms with van der Waals surface area (Å²) in [6.45, 7) is 3.30. The molecule has 0 amide bonds. The number of nitrogens with zero attached hydrogens (tertiary/aromatic N) is 2. The minimum atomic E-state index is 1.11. The van der Waals surface area contributed by atoms with E-state index in [1.807, 2.05) is 0 Å². The molecule has 1 heterocycles. The van der Waals surface area contributed by atoms with Gasteiger partial charge in [-0.15, -0.1) is 0 Å². The molecule has 0 spiro atoms. The Morgan fingerprint density at radius 1 is 1.27 bits per heavy atom. The number of aryl methyl sites for hydroxylation is 2. The van der Waals surface area contributed by atoms with E-state index in [2.05, 4.69) is 32.4 Å². The molecule has 0 fully saturated rings. The third-order valence-corrected chi connectivity index (χ3v) is 3.75. The maximum absolute atomic E-state index is 4.68. The standard InChI is InChI=1S/C12H19BrN2/c1-10-14-11-6-2-3-7-12(11)15(10)9-5-4-8-13/h2-9H2,1H3. The Bertz CT molecular complexity index is 331. The first-order chi connectivity index (χ1) is 7.33. The Morgan fingerprint density at radius 3 is 2.87 bits per heavy atom. The largest absolute Gasteiger partial charge is 0.332 e. The first-order valence-electron chi connectivity index (χ1n) is 5.94. The van der Waals surface area contributed by atoms with E-state index in [0.29, 0.717) is 0 Å². The highest BCUT2D eigenvalue weighted by Crippen LogP contribution is 2.22. The predicted octanol–water partition coefficient (Wildman–Crippen LogP) is 3.25. The summed E-state index contributed by atoms with van der Waals surface area (Å²) in [5.74, 6) is 1.22. The fourth-order valence-corrected chi connectivity index (χ4v) is 2.79. The normalized spacial score (nSPS) is 15.3. The van der Waals surface area contributed by atoms with Gasteiger partial charge in [0.15, 0.2) is 0 Å². The van der Waals surface area contributed by atoms with Gasteiger partial charge in [-0.05, 0) is 45.4 Å². The Morgan fingerprint density at radius 2 is 2.07 bits per heavy atom. The van der Waals surface area contributed by atoms with Crippen molar-refractivity contribution in [3.8, 4) is 0 Å². The minimum Gasteiger partial charge on any atom is -0.332 e. The van der Waals surface area contributed by atoms with Crippen molar-refractivity contribution in [3.05, 3.63) is 17.2 Å². The van der Waals surface area contributed by atoms with Crippen molar-refractivity contribution < 1.29 is 0 Å². The molecule has 0 atom stereocenters. The van der Waals surface area contributed by atoms with Crippen LogP contribution in [0.25, 0.3) is 0 Å². The molecule has 0 saturated carbocycles. The van der Waals surface area contributed by atoms with Crippen LogP contribution in [0.5, 0.6) is 0 Å². The van der Waals surface area contributed by atoms with Crippen LogP contribution in [0.15, 0.2) is 0 Å². The van der Waals surface area contributed by atoms with Crippen LogP contribution in [0.2, 0.25) is 0 Å². The van der Waals surface area contributed by atoms with E-state index in [1.54, 1.807) is 0 Å². The van der Waals surface area contributed by atoms with Gasteiger partial charge in [-0.25, -0.2) is 4.98 Å². The van der Waals surface area contributed by atoms with E-state index in [-0.39, 0.29) is 0 Å². The Hall–Kier alpha value is -0.310. The third kappa shape index (κ3) is 2.44. The van der Waals surface area contributed by atoms with Gasteiger partial charge >= 0.3 is 0 Å². The molecule has 1 aromatic rings. The SMILES string of the molecule is Cc1nc2c(n1CCCCBr)CCCC2. The van der Waals surface area contributed by atoms with E-state index in [0.717, 1.165) is 11.9 Å². The topological polar surface area (TPSA) is 17.8 Å². The number of rotatable bonds is 4. The highest BCUT2D eigenvalue weighted by Gasteiger charge is 2.17. The van der Waals surface area contributed by atoms with Gasteiger partial charge < -0.3 is 4.57 Å². The van der Waals surface area contributed by atoms with Crippen LogP contribution in [-0.2, 0) is 19.4 Å². The zero-order valence-corrected chi connectivity index (χ0v) is 11.0. The molecule has 0 aromatic carbocycles. The van der Waals surface area contributed by atoms with Gasteiger partial charge in [-0.3, -0.25) is 0 Å². The lowest BCUT2D eigenvalue weighted by Crippen LogP contribution is -2.09. The minimum absolute atomic E-state index is 1.11. The maximum Gasteiger partial charge on any atom is 0.106 e. The van der Waals surface area contributed by atoms with Gasteiger partial charge in [-0.1, -0.05) is 15.9 Å². The van der Waals surface area contributed by atoms with Crippen LogP contribution < -0.4 is 0 Å². The van der Waals surface area contributed by atoms with Gasteiger partial charge in [0.2, 0.25) is 0 Å². The van der Waals surface area contributed by atoms with Gasteiger partial charge in [-0.2, -0.15) is 0 Å². The van der Waals surface area contributed by atoms with Crippen molar-refractivity contribution in [3.63, 3.8) is 0 Å². The number of imidazole rings is 1. The van der Waals surface area contributed by atoms with Crippen LogP contribution in [0.1, 0.15) is 42.9 Å². The maximum atomic E-state index is 4.68. The summed E-state index contributed by atoms with van der Waals surface area (Å²) in [5.41, 5.74) is 2.89. The van der Waals surface area contributed by atoms with Crippen LogP contribution in [-0.4, -0.2) is 14.9 Å². The summed E-state index contributed by atoms with van der Waals surface area (Å²) < 4.78 is 2.44. The van der Waals surface area contributed by atoms with Crippen LogP contribution in [0, 0.1) is 6.92 Å². The molecule has 1 aliphatic carbocycles. The molecule has 2 nitrogen and oxygen atoms in total. The molecule has 2 rings (SSSR count). The lowest BCUT2D eigenvalue weighted by Gasteiger charge is -2.14. The van der Waals surface area contributed by atoms with Crippen molar-refractivity contribution in [2.24, 2.45) is 0 Å². The number of hydrogen-bond acceptors (Lipinski definition) is 1. The molecule has 0 saturated heterocycles. The number of halogens is 1. The molecule has 0 unspecified atom stereocenters. The lowest BCUT2D eigenvalue weighted by atomic mass is 10.0. The molecular weight excluding hydrogens is 252 g/mol.